The van der Waals surface area contributed by atoms with Gasteiger partial charge in [-0.1, -0.05) is 12.2 Å². The molecule has 0 bridgehead atoms. The Labute approximate surface area is 138 Å². The second-order valence-electron chi connectivity index (χ2n) is 6.67. The number of carbonyl (C=O) groups is 1. The van der Waals surface area contributed by atoms with E-state index in [-0.39, 0.29) is 5.91 Å². The Hall–Kier alpha value is -1.81. The van der Waals surface area contributed by atoms with Crippen molar-refractivity contribution in [3.8, 4) is 5.75 Å². The Morgan fingerprint density at radius 2 is 2.09 bits per heavy atom. The molecule has 1 aliphatic carbocycles. The zero-order valence-corrected chi connectivity index (χ0v) is 14.1. The predicted molar refractivity (Wildman–Crippen MR) is 91.8 cm³/mol. The van der Waals surface area contributed by atoms with Gasteiger partial charge in [-0.2, -0.15) is 0 Å². The summed E-state index contributed by atoms with van der Waals surface area (Å²) in [4.78, 5) is 16.0. The van der Waals surface area contributed by atoms with Crippen LogP contribution in [0.5, 0.6) is 5.75 Å². The molecule has 1 saturated heterocycles. The summed E-state index contributed by atoms with van der Waals surface area (Å²) in [6, 6.07) is 8.08. The topological polar surface area (TPSA) is 32.8 Å². The Bertz CT molecular complexity index is 565. The van der Waals surface area contributed by atoms with Crippen LogP contribution in [0, 0.1) is 5.92 Å². The van der Waals surface area contributed by atoms with Gasteiger partial charge in [0.25, 0.3) is 5.91 Å². The molecule has 2 aliphatic rings. The van der Waals surface area contributed by atoms with Crippen LogP contribution in [0.1, 0.15) is 29.6 Å². The van der Waals surface area contributed by atoms with Gasteiger partial charge in [-0.15, -0.1) is 0 Å². The third kappa shape index (κ3) is 3.75. The van der Waals surface area contributed by atoms with Gasteiger partial charge < -0.3 is 9.64 Å². The number of carbonyl (C=O) groups excluding carboxylic acids is 1. The first-order valence-electron chi connectivity index (χ1n) is 8.50. The molecule has 1 aliphatic heterocycles. The average Bonchev–Trinajstić information content (AvgIpc) is 3.15. The first-order chi connectivity index (χ1) is 11.1. The molecule has 1 amide bonds. The number of rotatable bonds is 6. The van der Waals surface area contributed by atoms with Gasteiger partial charge in [-0.25, -0.2) is 0 Å². The van der Waals surface area contributed by atoms with E-state index < -0.39 is 0 Å². The van der Waals surface area contributed by atoms with E-state index in [2.05, 4.69) is 17.1 Å². The maximum Gasteiger partial charge on any atom is 0.253 e. The molecule has 4 heteroatoms. The highest BCUT2D eigenvalue weighted by molar-refractivity contribution is 5.93. The predicted octanol–water partition coefficient (Wildman–Crippen LogP) is 2.81. The summed E-state index contributed by atoms with van der Waals surface area (Å²) in [6.45, 7) is 3.04. The van der Waals surface area contributed by atoms with Crippen LogP contribution in [0.4, 0.5) is 0 Å². The van der Waals surface area contributed by atoms with Gasteiger partial charge in [0.1, 0.15) is 5.75 Å². The normalized spacial score (nSPS) is 23.0. The van der Waals surface area contributed by atoms with Crippen LogP contribution in [0.25, 0.3) is 0 Å². The molecule has 0 saturated carbocycles. The monoisotopic (exact) mass is 314 g/mol. The number of nitrogens with zero attached hydrogens (tertiary/aromatic N) is 2. The molecule has 2 atom stereocenters. The molecule has 1 fully saturated rings. The fourth-order valence-electron chi connectivity index (χ4n) is 3.55. The van der Waals surface area contributed by atoms with E-state index in [4.69, 9.17) is 4.74 Å². The number of benzene rings is 1. The number of likely N-dealkylation sites (tertiary alicyclic amines) is 1. The third-order valence-corrected chi connectivity index (χ3v) is 4.83. The number of hydrogen-bond acceptors (Lipinski definition) is 3. The fraction of sp³-hybridized carbons (Fsp3) is 0.526. The first-order valence-corrected chi connectivity index (χ1v) is 8.50. The molecule has 0 aromatic heterocycles. The third-order valence-electron chi connectivity index (χ3n) is 4.83. The lowest BCUT2D eigenvalue weighted by Gasteiger charge is -2.22. The first kappa shape index (κ1) is 16.1. The van der Waals surface area contributed by atoms with E-state index in [1.54, 1.807) is 19.0 Å². The second kappa shape index (κ2) is 7.18. The summed E-state index contributed by atoms with van der Waals surface area (Å²) >= 11 is 0. The summed E-state index contributed by atoms with van der Waals surface area (Å²) in [5, 5.41) is 0. The van der Waals surface area contributed by atoms with Gasteiger partial charge in [0.05, 0.1) is 6.61 Å². The average molecular weight is 314 g/mol. The summed E-state index contributed by atoms with van der Waals surface area (Å²) < 4.78 is 5.80. The molecule has 3 rings (SSSR count). The van der Waals surface area contributed by atoms with E-state index in [1.807, 2.05) is 24.3 Å². The minimum absolute atomic E-state index is 0.0183. The molecule has 0 radical (unpaired) electrons. The fourth-order valence-corrected chi connectivity index (χ4v) is 3.55. The molecule has 4 nitrogen and oxygen atoms in total. The molecule has 0 spiro atoms. The SMILES string of the molecule is CN(C)C(=O)c1ccc(OCCCN2CC[C@@H]3CC=C[C@H]32)cc1. The van der Waals surface area contributed by atoms with Crippen molar-refractivity contribution in [2.24, 2.45) is 5.92 Å². The zero-order chi connectivity index (χ0) is 16.2. The molecule has 1 aromatic rings. The molecule has 0 unspecified atom stereocenters. The lowest BCUT2D eigenvalue weighted by Crippen LogP contribution is -2.31. The number of fused-ring (bicyclic) bond motifs is 1. The van der Waals surface area contributed by atoms with Gasteiger partial charge >= 0.3 is 0 Å². The van der Waals surface area contributed by atoms with Crippen LogP contribution < -0.4 is 4.74 Å². The van der Waals surface area contributed by atoms with Crippen LogP contribution in [-0.4, -0.2) is 55.5 Å². The molecule has 1 aromatic carbocycles. The summed E-state index contributed by atoms with van der Waals surface area (Å²) in [5.41, 5.74) is 0.693. The van der Waals surface area contributed by atoms with Crippen molar-refractivity contribution in [1.29, 1.82) is 0 Å². The van der Waals surface area contributed by atoms with E-state index in [0.29, 0.717) is 11.6 Å². The van der Waals surface area contributed by atoms with Gasteiger partial charge in [0.2, 0.25) is 0 Å². The van der Waals surface area contributed by atoms with Crippen molar-refractivity contribution < 1.29 is 9.53 Å². The van der Waals surface area contributed by atoms with Crippen LogP contribution >= 0.6 is 0 Å². The van der Waals surface area contributed by atoms with Crippen LogP contribution in [0.15, 0.2) is 36.4 Å². The van der Waals surface area contributed by atoms with E-state index in [1.165, 1.54) is 19.4 Å². The van der Waals surface area contributed by atoms with Gasteiger partial charge in [0.15, 0.2) is 0 Å². The lowest BCUT2D eigenvalue weighted by molar-refractivity contribution is 0.0827. The Kier molecular flexibility index (Phi) is 5.01. The van der Waals surface area contributed by atoms with Crippen molar-refractivity contribution in [3.05, 3.63) is 42.0 Å². The van der Waals surface area contributed by atoms with E-state index in [9.17, 15) is 4.79 Å². The largest absolute Gasteiger partial charge is 0.494 e. The molecule has 23 heavy (non-hydrogen) atoms. The molecular formula is C19H26N2O2. The number of ether oxygens (including phenoxy) is 1. The molecular weight excluding hydrogens is 288 g/mol. The Morgan fingerprint density at radius 1 is 1.30 bits per heavy atom. The second-order valence-corrected chi connectivity index (χ2v) is 6.67. The highest BCUT2D eigenvalue weighted by Crippen LogP contribution is 2.32. The zero-order valence-electron chi connectivity index (χ0n) is 14.1. The molecule has 1 heterocycles. The van der Waals surface area contributed by atoms with Crippen molar-refractivity contribution in [2.75, 3.05) is 33.8 Å². The molecule has 0 N–H and O–H groups in total. The maximum atomic E-state index is 11.8. The van der Waals surface area contributed by atoms with Gasteiger partial charge in [-0.3, -0.25) is 9.69 Å². The number of amides is 1. The lowest BCUT2D eigenvalue weighted by atomic mass is 10.0. The van der Waals surface area contributed by atoms with Crippen molar-refractivity contribution in [2.45, 2.75) is 25.3 Å². The Balaban J connectivity index is 1.41. The highest BCUT2D eigenvalue weighted by Gasteiger charge is 2.33. The van der Waals surface area contributed by atoms with Crippen molar-refractivity contribution in [3.63, 3.8) is 0 Å². The Morgan fingerprint density at radius 3 is 2.83 bits per heavy atom. The number of allylic oxidation sites excluding steroid dienone is 1. The molecule has 124 valence electrons. The maximum absolute atomic E-state index is 11.8. The standard InChI is InChI=1S/C19H26N2O2/c1-20(2)19(22)16-7-9-17(10-8-16)23-14-4-12-21-13-11-15-5-3-6-18(15)21/h3,6-10,15,18H,4-5,11-14H2,1-2H3/t15-,18+/m0/s1. The minimum atomic E-state index is 0.0183. The minimum Gasteiger partial charge on any atom is -0.494 e. The smallest absolute Gasteiger partial charge is 0.253 e. The highest BCUT2D eigenvalue weighted by atomic mass is 16.5. The summed E-state index contributed by atoms with van der Waals surface area (Å²) in [6.07, 6.45) is 8.33. The number of hydrogen-bond donors (Lipinski definition) is 0. The quantitative estimate of drug-likeness (QED) is 0.598. The van der Waals surface area contributed by atoms with Crippen molar-refractivity contribution in [1.82, 2.24) is 9.80 Å². The van der Waals surface area contributed by atoms with E-state index in [0.717, 1.165) is 31.2 Å². The summed E-state index contributed by atoms with van der Waals surface area (Å²) in [5.74, 6) is 1.71. The van der Waals surface area contributed by atoms with Crippen LogP contribution in [-0.2, 0) is 0 Å². The summed E-state index contributed by atoms with van der Waals surface area (Å²) in [7, 11) is 3.52. The van der Waals surface area contributed by atoms with E-state index >= 15 is 0 Å². The van der Waals surface area contributed by atoms with Crippen LogP contribution in [0.3, 0.4) is 0 Å². The van der Waals surface area contributed by atoms with Gasteiger partial charge in [0, 0.05) is 32.2 Å². The van der Waals surface area contributed by atoms with Gasteiger partial charge in [-0.05, 0) is 56.0 Å². The van der Waals surface area contributed by atoms with Crippen LogP contribution in [0.2, 0.25) is 0 Å². The van der Waals surface area contributed by atoms with Crippen molar-refractivity contribution >= 4 is 5.91 Å².